The van der Waals surface area contributed by atoms with E-state index in [0.717, 1.165) is 26.1 Å². The lowest BCUT2D eigenvalue weighted by Crippen LogP contribution is -2.61. The standard InChI is InChI=1S/C13H23N3O/c17-12(15-11-4-5-11)16-9-3-7-13(10-16)6-1-2-8-14-13/h11,14H,1-10H2,(H,15,17)/t13-/m0/s1. The summed E-state index contributed by atoms with van der Waals surface area (Å²) in [6.07, 6.45) is 8.55. The van der Waals surface area contributed by atoms with Gasteiger partial charge in [0.05, 0.1) is 0 Å². The lowest BCUT2D eigenvalue weighted by atomic mass is 9.82. The average Bonchev–Trinajstić information content (AvgIpc) is 3.14. The SMILES string of the molecule is O=C(NC1CC1)N1CCC[C@@]2(CCCCN2)C1. The van der Waals surface area contributed by atoms with Gasteiger partial charge >= 0.3 is 6.03 Å². The summed E-state index contributed by atoms with van der Waals surface area (Å²) in [5.74, 6) is 0. The Morgan fingerprint density at radius 3 is 2.76 bits per heavy atom. The molecule has 4 nitrogen and oxygen atoms in total. The number of amides is 2. The molecule has 3 rings (SSSR count). The first-order valence-electron chi connectivity index (χ1n) is 7.08. The van der Waals surface area contributed by atoms with E-state index in [9.17, 15) is 4.79 Å². The van der Waals surface area contributed by atoms with E-state index in [1.807, 2.05) is 4.90 Å². The average molecular weight is 237 g/mol. The van der Waals surface area contributed by atoms with E-state index in [2.05, 4.69) is 10.6 Å². The highest BCUT2D eigenvalue weighted by atomic mass is 16.2. The molecule has 4 heteroatoms. The molecule has 0 radical (unpaired) electrons. The van der Waals surface area contributed by atoms with Crippen LogP contribution in [0.15, 0.2) is 0 Å². The Balaban J connectivity index is 1.59. The molecule has 2 aliphatic heterocycles. The third kappa shape index (κ3) is 2.57. The van der Waals surface area contributed by atoms with Crippen LogP contribution >= 0.6 is 0 Å². The summed E-state index contributed by atoms with van der Waals surface area (Å²) in [5, 5.41) is 6.77. The van der Waals surface area contributed by atoms with E-state index in [0.29, 0.717) is 6.04 Å². The molecule has 3 aliphatic rings. The van der Waals surface area contributed by atoms with Crippen molar-refractivity contribution in [3.8, 4) is 0 Å². The molecule has 0 aromatic heterocycles. The highest BCUT2D eigenvalue weighted by Gasteiger charge is 2.38. The molecule has 1 aliphatic carbocycles. The number of nitrogens with one attached hydrogen (secondary N) is 2. The Labute approximate surface area is 103 Å². The molecule has 1 spiro atoms. The Morgan fingerprint density at radius 2 is 2.06 bits per heavy atom. The van der Waals surface area contributed by atoms with Gasteiger partial charge in [0.2, 0.25) is 0 Å². The fraction of sp³-hybridized carbons (Fsp3) is 0.923. The number of carbonyl (C=O) groups is 1. The first kappa shape index (κ1) is 11.3. The molecule has 96 valence electrons. The fourth-order valence-corrected chi connectivity index (χ4v) is 3.18. The molecule has 1 atom stereocenters. The molecule has 0 bridgehead atoms. The van der Waals surface area contributed by atoms with Gasteiger partial charge < -0.3 is 15.5 Å². The molecule has 3 fully saturated rings. The van der Waals surface area contributed by atoms with Crippen LogP contribution in [0.3, 0.4) is 0 Å². The zero-order chi connectivity index (χ0) is 11.7. The Bertz CT molecular complexity index is 290. The summed E-state index contributed by atoms with van der Waals surface area (Å²) in [5.41, 5.74) is 0.234. The Hall–Kier alpha value is -0.770. The van der Waals surface area contributed by atoms with E-state index in [1.165, 1.54) is 38.5 Å². The smallest absolute Gasteiger partial charge is 0.317 e. The highest BCUT2D eigenvalue weighted by Crippen LogP contribution is 2.29. The molecule has 17 heavy (non-hydrogen) atoms. The van der Waals surface area contributed by atoms with Crippen LogP contribution in [-0.4, -0.2) is 42.1 Å². The van der Waals surface area contributed by atoms with Crippen molar-refractivity contribution in [1.82, 2.24) is 15.5 Å². The number of nitrogens with zero attached hydrogens (tertiary/aromatic N) is 1. The van der Waals surface area contributed by atoms with Crippen LogP contribution in [0.4, 0.5) is 4.79 Å². The van der Waals surface area contributed by atoms with Crippen molar-refractivity contribution in [2.45, 2.75) is 56.5 Å². The van der Waals surface area contributed by atoms with Crippen molar-refractivity contribution in [1.29, 1.82) is 0 Å². The zero-order valence-corrected chi connectivity index (χ0v) is 10.5. The van der Waals surface area contributed by atoms with Gasteiger partial charge in [-0.2, -0.15) is 0 Å². The molecule has 1 saturated carbocycles. The summed E-state index contributed by atoms with van der Waals surface area (Å²) in [7, 11) is 0. The molecule has 2 heterocycles. The van der Waals surface area contributed by atoms with Gasteiger partial charge in [0.15, 0.2) is 0 Å². The van der Waals surface area contributed by atoms with E-state index in [-0.39, 0.29) is 11.6 Å². The van der Waals surface area contributed by atoms with E-state index < -0.39 is 0 Å². The predicted molar refractivity (Wildman–Crippen MR) is 66.9 cm³/mol. The van der Waals surface area contributed by atoms with Crippen LogP contribution in [-0.2, 0) is 0 Å². The Morgan fingerprint density at radius 1 is 1.24 bits per heavy atom. The second kappa shape index (κ2) is 4.48. The summed E-state index contributed by atoms with van der Waals surface area (Å²) in [4.78, 5) is 14.1. The number of hydrogen-bond acceptors (Lipinski definition) is 2. The molecular formula is C13H23N3O. The zero-order valence-electron chi connectivity index (χ0n) is 10.5. The lowest BCUT2D eigenvalue weighted by Gasteiger charge is -2.45. The van der Waals surface area contributed by atoms with Gasteiger partial charge in [-0.05, 0) is 45.1 Å². The van der Waals surface area contributed by atoms with Crippen molar-refractivity contribution in [3.05, 3.63) is 0 Å². The fourth-order valence-electron chi connectivity index (χ4n) is 3.18. The van der Waals surface area contributed by atoms with Gasteiger partial charge in [-0.3, -0.25) is 0 Å². The number of rotatable bonds is 1. The predicted octanol–water partition coefficient (Wildman–Crippen LogP) is 1.47. The second-order valence-corrected chi connectivity index (χ2v) is 5.91. The number of carbonyl (C=O) groups excluding carboxylic acids is 1. The normalized spacial score (nSPS) is 33.8. The quantitative estimate of drug-likeness (QED) is 0.725. The summed E-state index contributed by atoms with van der Waals surface area (Å²) in [6, 6.07) is 0.638. The molecule has 0 unspecified atom stereocenters. The second-order valence-electron chi connectivity index (χ2n) is 5.91. The first-order chi connectivity index (χ1) is 8.27. The molecule has 2 saturated heterocycles. The first-order valence-corrected chi connectivity index (χ1v) is 7.08. The molecular weight excluding hydrogens is 214 g/mol. The van der Waals surface area contributed by atoms with E-state index in [4.69, 9.17) is 0 Å². The Kier molecular flexibility index (Phi) is 2.99. The summed E-state index contributed by atoms with van der Waals surface area (Å²) in [6.45, 7) is 2.96. The van der Waals surface area contributed by atoms with E-state index in [1.54, 1.807) is 0 Å². The molecule has 2 N–H and O–H groups in total. The van der Waals surface area contributed by atoms with Gasteiger partial charge in [-0.1, -0.05) is 6.42 Å². The maximum Gasteiger partial charge on any atom is 0.317 e. The van der Waals surface area contributed by atoms with Crippen molar-refractivity contribution < 1.29 is 4.79 Å². The summed E-state index contributed by atoms with van der Waals surface area (Å²) >= 11 is 0. The highest BCUT2D eigenvalue weighted by molar-refractivity contribution is 5.75. The van der Waals surface area contributed by atoms with Crippen molar-refractivity contribution >= 4 is 6.03 Å². The van der Waals surface area contributed by atoms with Crippen molar-refractivity contribution in [2.75, 3.05) is 19.6 Å². The van der Waals surface area contributed by atoms with Gasteiger partial charge in [0.25, 0.3) is 0 Å². The topological polar surface area (TPSA) is 44.4 Å². The number of piperidine rings is 2. The third-order valence-corrected chi connectivity index (χ3v) is 4.35. The minimum Gasteiger partial charge on any atom is -0.335 e. The third-order valence-electron chi connectivity index (χ3n) is 4.35. The van der Waals surface area contributed by atoms with Gasteiger partial charge in [0, 0.05) is 24.7 Å². The minimum atomic E-state index is 0.166. The van der Waals surface area contributed by atoms with Crippen molar-refractivity contribution in [2.24, 2.45) is 0 Å². The largest absolute Gasteiger partial charge is 0.335 e. The number of likely N-dealkylation sites (tertiary alicyclic amines) is 1. The molecule has 0 aromatic rings. The maximum absolute atomic E-state index is 12.1. The minimum absolute atomic E-state index is 0.166. The lowest BCUT2D eigenvalue weighted by molar-refractivity contribution is 0.112. The van der Waals surface area contributed by atoms with Crippen LogP contribution in [0.25, 0.3) is 0 Å². The van der Waals surface area contributed by atoms with Crippen molar-refractivity contribution in [3.63, 3.8) is 0 Å². The van der Waals surface area contributed by atoms with Crippen LogP contribution in [0, 0.1) is 0 Å². The van der Waals surface area contributed by atoms with Gasteiger partial charge in [-0.25, -0.2) is 4.79 Å². The number of hydrogen-bond donors (Lipinski definition) is 2. The molecule has 2 amide bonds. The van der Waals surface area contributed by atoms with Gasteiger partial charge in [0.1, 0.15) is 0 Å². The van der Waals surface area contributed by atoms with Gasteiger partial charge in [-0.15, -0.1) is 0 Å². The summed E-state index contributed by atoms with van der Waals surface area (Å²) < 4.78 is 0. The maximum atomic E-state index is 12.1. The van der Waals surface area contributed by atoms with Crippen LogP contribution in [0.2, 0.25) is 0 Å². The van der Waals surface area contributed by atoms with E-state index >= 15 is 0 Å². The number of urea groups is 1. The molecule has 0 aromatic carbocycles. The van der Waals surface area contributed by atoms with Crippen LogP contribution in [0.5, 0.6) is 0 Å². The van der Waals surface area contributed by atoms with Crippen LogP contribution < -0.4 is 10.6 Å². The van der Waals surface area contributed by atoms with Crippen LogP contribution in [0.1, 0.15) is 44.9 Å². The monoisotopic (exact) mass is 237 g/mol.